The second kappa shape index (κ2) is 8.09. The Bertz CT molecular complexity index is 922. The van der Waals surface area contributed by atoms with Gasteiger partial charge in [0.2, 0.25) is 5.91 Å². The van der Waals surface area contributed by atoms with E-state index in [9.17, 15) is 13.6 Å². The van der Waals surface area contributed by atoms with Crippen LogP contribution in [0.4, 0.5) is 8.78 Å². The summed E-state index contributed by atoms with van der Waals surface area (Å²) in [5.74, 6) is -0.891. The Labute approximate surface area is 156 Å². The highest BCUT2D eigenvalue weighted by molar-refractivity contribution is 5.83. The van der Waals surface area contributed by atoms with E-state index in [1.807, 2.05) is 0 Å². The standard InChI is InChI=1S/C20H20F2N4O/c1-25(2)19(15-6-8-16(21)9-7-15)20(27)23-11-14-12-24-26(13-14)18-5-3-4-17(22)10-18/h3-10,12-13,19H,11H2,1-2H3,(H,23,27). The number of amides is 1. The zero-order valence-electron chi connectivity index (χ0n) is 15.1. The summed E-state index contributed by atoms with van der Waals surface area (Å²) in [7, 11) is 3.57. The summed E-state index contributed by atoms with van der Waals surface area (Å²) in [5.41, 5.74) is 2.09. The van der Waals surface area contributed by atoms with Crippen molar-refractivity contribution in [2.45, 2.75) is 12.6 Å². The Morgan fingerprint density at radius 3 is 2.56 bits per heavy atom. The van der Waals surface area contributed by atoms with E-state index in [4.69, 9.17) is 0 Å². The third-order valence-electron chi connectivity index (χ3n) is 4.13. The molecule has 1 atom stereocenters. The number of nitrogens with zero attached hydrogens (tertiary/aromatic N) is 3. The van der Waals surface area contributed by atoms with Crippen LogP contribution in [0.1, 0.15) is 17.2 Å². The average Bonchev–Trinajstić information content (AvgIpc) is 3.11. The van der Waals surface area contributed by atoms with E-state index in [0.29, 0.717) is 11.3 Å². The number of hydrogen-bond acceptors (Lipinski definition) is 3. The van der Waals surface area contributed by atoms with Crippen molar-refractivity contribution >= 4 is 5.91 Å². The molecule has 0 aliphatic rings. The van der Waals surface area contributed by atoms with Gasteiger partial charge in [0.1, 0.15) is 17.7 Å². The van der Waals surface area contributed by atoms with Crippen LogP contribution < -0.4 is 5.32 Å². The summed E-state index contributed by atoms with van der Waals surface area (Å²) in [5, 5.41) is 7.07. The van der Waals surface area contributed by atoms with Crippen LogP contribution >= 0.6 is 0 Å². The van der Waals surface area contributed by atoms with Crippen LogP contribution in [-0.4, -0.2) is 34.7 Å². The van der Waals surface area contributed by atoms with Crippen molar-refractivity contribution in [3.8, 4) is 5.69 Å². The number of nitrogens with one attached hydrogen (secondary N) is 1. The molecule has 0 saturated heterocycles. The quantitative estimate of drug-likeness (QED) is 0.726. The van der Waals surface area contributed by atoms with Gasteiger partial charge >= 0.3 is 0 Å². The predicted molar refractivity (Wildman–Crippen MR) is 98.2 cm³/mol. The van der Waals surface area contributed by atoms with Gasteiger partial charge in [-0.25, -0.2) is 13.5 Å². The van der Waals surface area contributed by atoms with Crippen LogP contribution in [0, 0.1) is 11.6 Å². The van der Waals surface area contributed by atoms with Crippen LogP contribution in [-0.2, 0) is 11.3 Å². The highest BCUT2D eigenvalue weighted by Gasteiger charge is 2.22. The van der Waals surface area contributed by atoms with Crippen LogP contribution in [0.15, 0.2) is 60.9 Å². The molecule has 1 unspecified atom stereocenters. The summed E-state index contributed by atoms with van der Waals surface area (Å²) in [4.78, 5) is 14.4. The van der Waals surface area contributed by atoms with E-state index >= 15 is 0 Å². The third-order valence-corrected chi connectivity index (χ3v) is 4.13. The fourth-order valence-corrected chi connectivity index (χ4v) is 2.83. The Kier molecular flexibility index (Phi) is 5.61. The number of halogens is 2. The van der Waals surface area contributed by atoms with Crippen LogP contribution in [0.2, 0.25) is 0 Å². The molecular formula is C20H20F2N4O. The lowest BCUT2D eigenvalue weighted by Gasteiger charge is -2.23. The van der Waals surface area contributed by atoms with E-state index in [0.717, 1.165) is 5.56 Å². The molecule has 2 aromatic carbocycles. The second-order valence-corrected chi connectivity index (χ2v) is 6.41. The number of rotatable bonds is 6. The first kappa shape index (κ1) is 18.7. The van der Waals surface area contributed by atoms with E-state index in [1.54, 1.807) is 60.3 Å². The van der Waals surface area contributed by atoms with Gasteiger partial charge in [-0.3, -0.25) is 9.69 Å². The van der Waals surface area contributed by atoms with Gasteiger partial charge < -0.3 is 5.32 Å². The molecule has 1 aromatic heterocycles. The maximum Gasteiger partial charge on any atom is 0.242 e. The molecule has 0 radical (unpaired) electrons. The molecule has 1 amide bonds. The van der Waals surface area contributed by atoms with Crippen molar-refractivity contribution in [2.75, 3.05) is 14.1 Å². The van der Waals surface area contributed by atoms with Crippen molar-refractivity contribution in [1.82, 2.24) is 20.0 Å². The lowest BCUT2D eigenvalue weighted by atomic mass is 10.1. The number of likely N-dealkylation sites (N-methyl/N-ethyl adjacent to an activating group) is 1. The molecule has 0 fully saturated rings. The summed E-state index contributed by atoms with van der Waals surface area (Å²) in [6.45, 7) is 0.277. The normalized spacial score (nSPS) is 12.2. The highest BCUT2D eigenvalue weighted by Crippen LogP contribution is 2.19. The van der Waals surface area contributed by atoms with Crippen LogP contribution in [0.25, 0.3) is 5.69 Å². The molecule has 1 N–H and O–H groups in total. The van der Waals surface area contributed by atoms with E-state index in [2.05, 4.69) is 10.4 Å². The average molecular weight is 370 g/mol. The number of benzene rings is 2. The Balaban J connectivity index is 1.68. The first-order chi connectivity index (χ1) is 12.9. The summed E-state index contributed by atoms with van der Waals surface area (Å²) >= 11 is 0. The molecular weight excluding hydrogens is 350 g/mol. The Morgan fingerprint density at radius 1 is 1.15 bits per heavy atom. The minimum Gasteiger partial charge on any atom is -0.350 e. The zero-order valence-corrected chi connectivity index (χ0v) is 15.1. The molecule has 7 heteroatoms. The minimum absolute atomic E-state index is 0.204. The fourth-order valence-electron chi connectivity index (χ4n) is 2.83. The van der Waals surface area contributed by atoms with Gasteiger partial charge in [0, 0.05) is 18.3 Å². The number of carbonyl (C=O) groups is 1. The lowest BCUT2D eigenvalue weighted by Crippen LogP contribution is -2.36. The molecule has 27 heavy (non-hydrogen) atoms. The van der Waals surface area contributed by atoms with Crippen molar-refractivity contribution in [3.05, 3.63) is 83.7 Å². The molecule has 3 aromatic rings. The maximum atomic E-state index is 13.3. The van der Waals surface area contributed by atoms with Gasteiger partial charge in [0.25, 0.3) is 0 Å². The van der Waals surface area contributed by atoms with Crippen molar-refractivity contribution in [2.24, 2.45) is 0 Å². The van der Waals surface area contributed by atoms with Gasteiger partial charge in [-0.2, -0.15) is 5.10 Å². The first-order valence-corrected chi connectivity index (χ1v) is 8.43. The Morgan fingerprint density at radius 2 is 1.89 bits per heavy atom. The molecule has 0 spiro atoms. The number of aromatic nitrogens is 2. The fraction of sp³-hybridized carbons (Fsp3) is 0.200. The number of carbonyl (C=O) groups excluding carboxylic acids is 1. The summed E-state index contributed by atoms with van der Waals surface area (Å²) in [6, 6.07) is 11.4. The minimum atomic E-state index is -0.538. The largest absolute Gasteiger partial charge is 0.350 e. The molecule has 1 heterocycles. The smallest absolute Gasteiger partial charge is 0.242 e. The van der Waals surface area contributed by atoms with Crippen molar-refractivity contribution in [1.29, 1.82) is 0 Å². The van der Waals surface area contributed by atoms with Crippen LogP contribution in [0.5, 0.6) is 0 Å². The third kappa shape index (κ3) is 4.57. The van der Waals surface area contributed by atoms with Crippen LogP contribution in [0.3, 0.4) is 0 Å². The van der Waals surface area contributed by atoms with Crippen molar-refractivity contribution < 1.29 is 13.6 Å². The molecule has 0 bridgehead atoms. The molecule has 140 valence electrons. The maximum absolute atomic E-state index is 13.3. The highest BCUT2D eigenvalue weighted by atomic mass is 19.1. The van der Waals surface area contributed by atoms with Crippen molar-refractivity contribution in [3.63, 3.8) is 0 Å². The van der Waals surface area contributed by atoms with Gasteiger partial charge in [0.05, 0.1) is 11.9 Å². The molecule has 3 rings (SSSR count). The van der Waals surface area contributed by atoms with Gasteiger partial charge in [-0.1, -0.05) is 18.2 Å². The first-order valence-electron chi connectivity index (χ1n) is 8.43. The second-order valence-electron chi connectivity index (χ2n) is 6.41. The topological polar surface area (TPSA) is 50.2 Å². The summed E-state index contributed by atoms with van der Waals surface area (Å²) in [6.07, 6.45) is 3.35. The van der Waals surface area contributed by atoms with Gasteiger partial charge in [0.15, 0.2) is 0 Å². The lowest BCUT2D eigenvalue weighted by molar-refractivity contribution is -0.125. The molecule has 0 aliphatic carbocycles. The van der Waals surface area contributed by atoms with E-state index in [-0.39, 0.29) is 24.1 Å². The molecule has 0 saturated carbocycles. The van der Waals surface area contributed by atoms with E-state index in [1.165, 1.54) is 24.3 Å². The SMILES string of the molecule is CN(C)C(C(=O)NCc1cnn(-c2cccc(F)c2)c1)c1ccc(F)cc1. The molecule has 0 aliphatic heterocycles. The zero-order chi connectivity index (χ0) is 19.4. The van der Waals surface area contributed by atoms with Gasteiger partial charge in [-0.15, -0.1) is 0 Å². The van der Waals surface area contributed by atoms with E-state index < -0.39 is 6.04 Å². The monoisotopic (exact) mass is 370 g/mol. The van der Waals surface area contributed by atoms with Gasteiger partial charge in [-0.05, 0) is 50.0 Å². The summed E-state index contributed by atoms with van der Waals surface area (Å²) < 4.78 is 28.0. The number of hydrogen-bond donors (Lipinski definition) is 1. The Hall–Kier alpha value is -3.06. The predicted octanol–water partition coefficient (Wildman–Crippen LogP) is 3.07. The molecule has 5 nitrogen and oxygen atoms in total.